The molecule has 3 rings (SSSR count). The van der Waals surface area contributed by atoms with Crippen LogP contribution in [0.25, 0.3) is 0 Å². The van der Waals surface area contributed by atoms with Crippen LogP contribution in [0, 0.1) is 41.2 Å². The van der Waals surface area contributed by atoms with Crippen LogP contribution in [0.15, 0.2) is 12.1 Å². The largest absolute Gasteiger partial charge is 0.491 e. The number of benzene rings is 1. The Morgan fingerprint density at radius 3 is 1.94 bits per heavy atom. The molecule has 2 aliphatic rings. The van der Waals surface area contributed by atoms with Crippen LogP contribution < -0.4 is 9.47 Å². The summed E-state index contributed by atoms with van der Waals surface area (Å²) in [7, 11) is 0. The van der Waals surface area contributed by atoms with E-state index in [4.69, 9.17) is 9.47 Å². The Balaban J connectivity index is 1.38. The third-order valence-corrected chi connectivity index (χ3v) is 8.02. The number of hydrogen-bond acceptors (Lipinski definition) is 2. The lowest BCUT2D eigenvalue weighted by Gasteiger charge is -2.39. The summed E-state index contributed by atoms with van der Waals surface area (Å²) in [6.07, 6.45) is 14.8. The molecule has 0 spiro atoms. The van der Waals surface area contributed by atoms with E-state index < -0.39 is 11.6 Å². The molecule has 2 fully saturated rings. The predicted molar refractivity (Wildman–Crippen MR) is 123 cm³/mol. The van der Waals surface area contributed by atoms with Crippen molar-refractivity contribution in [2.75, 3.05) is 13.2 Å². The maximum atomic E-state index is 14.2. The second kappa shape index (κ2) is 12.1. The van der Waals surface area contributed by atoms with Crippen LogP contribution in [0.1, 0.15) is 91.4 Å². The smallest absolute Gasteiger partial charge is 0.204 e. The Labute approximate surface area is 188 Å². The summed E-state index contributed by atoms with van der Waals surface area (Å²) in [6, 6.07) is 2.91. The molecular weight excluding hydrogens is 394 g/mol. The van der Waals surface area contributed by atoms with Gasteiger partial charge in [-0.1, -0.05) is 39.5 Å². The van der Waals surface area contributed by atoms with Crippen molar-refractivity contribution in [3.05, 3.63) is 23.8 Å². The molecule has 0 saturated heterocycles. The summed E-state index contributed by atoms with van der Waals surface area (Å²) in [6.45, 7) is 7.07. The molecular formula is C27H42F2O2. The molecule has 2 aliphatic carbocycles. The predicted octanol–water partition coefficient (Wildman–Crippen LogP) is 8.18. The second-order valence-corrected chi connectivity index (χ2v) is 9.98. The first kappa shape index (κ1) is 24.3. The standard InChI is InChI=1S/C27H42F2O2/c1-4-6-20-7-9-22(10-8-20)23-13-11-21(12-14-23)19(3)17-18-31-25-16-15-24(30-5-2)26(28)27(25)29/h15-16,19-23H,4-14,17-18H2,1-3H3. The van der Waals surface area contributed by atoms with E-state index in [0.717, 1.165) is 30.1 Å². The van der Waals surface area contributed by atoms with Gasteiger partial charge in [-0.3, -0.25) is 0 Å². The van der Waals surface area contributed by atoms with Crippen molar-refractivity contribution in [2.45, 2.75) is 91.4 Å². The van der Waals surface area contributed by atoms with Gasteiger partial charge in [-0.05, 0) is 93.6 Å². The molecule has 2 nitrogen and oxygen atoms in total. The fourth-order valence-corrected chi connectivity index (χ4v) is 6.02. The number of hydrogen-bond donors (Lipinski definition) is 0. The van der Waals surface area contributed by atoms with Gasteiger partial charge in [-0.25, -0.2) is 0 Å². The molecule has 176 valence electrons. The quantitative estimate of drug-likeness (QED) is 0.368. The van der Waals surface area contributed by atoms with E-state index in [1.165, 1.54) is 76.3 Å². The molecule has 1 unspecified atom stereocenters. The van der Waals surface area contributed by atoms with E-state index in [1.807, 2.05) is 0 Å². The Kier molecular flexibility index (Phi) is 9.47. The fourth-order valence-electron chi connectivity index (χ4n) is 6.02. The topological polar surface area (TPSA) is 18.5 Å². The highest BCUT2D eigenvalue weighted by Crippen LogP contribution is 2.44. The van der Waals surface area contributed by atoms with Gasteiger partial charge in [0.25, 0.3) is 0 Å². The van der Waals surface area contributed by atoms with Crippen LogP contribution >= 0.6 is 0 Å². The molecule has 1 atom stereocenters. The highest BCUT2D eigenvalue weighted by Gasteiger charge is 2.32. The van der Waals surface area contributed by atoms with Crippen LogP contribution in [0.4, 0.5) is 8.78 Å². The summed E-state index contributed by atoms with van der Waals surface area (Å²) >= 11 is 0. The molecule has 1 aromatic rings. The molecule has 0 bridgehead atoms. The molecule has 0 aromatic heterocycles. The Morgan fingerprint density at radius 2 is 1.39 bits per heavy atom. The maximum absolute atomic E-state index is 14.2. The summed E-state index contributed by atoms with van der Waals surface area (Å²) < 4.78 is 38.8. The van der Waals surface area contributed by atoms with Gasteiger partial charge in [0.15, 0.2) is 11.5 Å². The van der Waals surface area contributed by atoms with Crippen molar-refractivity contribution in [2.24, 2.45) is 29.6 Å². The van der Waals surface area contributed by atoms with Crippen molar-refractivity contribution in [3.8, 4) is 11.5 Å². The van der Waals surface area contributed by atoms with E-state index in [2.05, 4.69) is 13.8 Å². The second-order valence-electron chi connectivity index (χ2n) is 9.98. The van der Waals surface area contributed by atoms with Crippen molar-refractivity contribution in [3.63, 3.8) is 0 Å². The lowest BCUT2D eigenvalue weighted by molar-refractivity contribution is 0.119. The summed E-state index contributed by atoms with van der Waals surface area (Å²) in [4.78, 5) is 0. The monoisotopic (exact) mass is 436 g/mol. The van der Waals surface area contributed by atoms with Crippen LogP contribution in [0.2, 0.25) is 0 Å². The van der Waals surface area contributed by atoms with Gasteiger partial charge in [0, 0.05) is 0 Å². The maximum Gasteiger partial charge on any atom is 0.204 e. The van der Waals surface area contributed by atoms with Crippen LogP contribution in [-0.4, -0.2) is 13.2 Å². The molecule has 0 amide bonds. The number of halogens is 2. The zero-order valence-corrected chi connectivity index (χ0v) is 19.8. The minimum absolute atomic E-state index is 0.0180. The van der Waals surface area contributed by atoms with Gasteiger partial charge in [0.1, 0.15) is 0 Å². The van der Waals surface area contributed by atoms with E-state index in [-0.39, 0.29) is 11.5 Å². The molecule has 31 heavy (non-hydrogen) atoms. The van der Waals surface area contributed by atoms with E-state index >= 15 is 0 Å². The number of ether oxygens (including phenoxy) is 2. The average molecular weight is 437 g/mol. The lowest BCUT2D eigenvalue weighted by Crippen LogP contribution is -2.28. The van der Waals surface area contributed by atoms with Gasteiger partial charge in [0.2, 0.25) is 11.6 Å². The van der Waals surface area contributed by atoms with Gasteiger partial charge in [0.05, 0.1) is 13.2 Å². The average Bonchev–Trinajstić information content (AvgIpc) is 2.79. The van der Waals surface area contributed by atoms with Crippen LogP contribution in [0.5, 0.6) is 11.5 Å². The molecule has 0 aliphatic heterocycles. The zero-order valence-electron chi connectivity index (χ0n) is 19.8. The van der Waals surface area contributed by atoms with Gasteiger partial charge < -0.3 is 9.47 Å². The first-order chi connectivity index (χ1) is 15.0. The van der Waals surface area contributed by atoms with Gasteiger partial charge in [-0.2, -0.15) is 8.78 Å². The molecule has 0 heterocycles. The van der Waals surface area contributed by atoms with Gasteiger partial charge >= 0.3 is 0 Å². The molecule has 0 radical (unpaired) electrons. The van der Waals surface area contributed by atoms with Crippen LogP contribution in [0.3, 0.4) is 0 Å². The third-order valence-electron chi connectivity index (χ3n) is 8.02. The van der Waals surface area contributed by atoms with E-state index in [0.29, 0.717) is 19.1 Å². The summed E-state index contributed by atoms with van der Waals surface area (Å²) in [5, 5.41) is 0. The van der Waals surface area contributed by atoms with Gasteiger partial charge in [-0.15, -0.1) is 0 Å². The minimum Gasteiger partial charge on any atom is -0.491 e. The first-order valence-electron chi connectivity index (χ1n) is 12.8. The Morgan fingerprint density at radius 1 is 0.839 bits per heavy atom. The minimum atomic E-state index is -0.963. The van der Waals surface area contributed by atoms with Crippen molar-refractivity contribution in [1.29, 1.82) is 0 Å². The molecule has 4 heteroatoms. The van der Waals surface area contributed by atoms with E-state index in [1.54, 1.807) is 6.92 Å². The van der Waals surface area contributed by atoms with E-state index in [9.17, 15) is 8.78 Å². The highest BCUT2D eigenvalue weighted by atomic mass is 19.2. The van der Waals surface area contributed by atoms with Crippen molar-refractivity contribution >= 4 is 0 Å². The van der Waals surface area contributed by atoms with Crippen molar-refractivity contribution in [1.82, 2.24) is 0 Å². The Bertz CT molecular complexity index is 661. The molecule has 0 N–H and O–H groups in total. The summed E-state index contributed by atoms with van der Waals surface area (Å²) in [5.74, 6) is 2.18. The summed E-state index contributed by atoms with van der Waals surface area (Å²) in [5.41, 5.74) is 0. The zero-order chi connectivity index (χ0) is 22.2. The van der Waals surface area contributed by atoms with Crippen molar-refractivity contribution < 1.29 is 18.3 Å². The molecule has 2 saturated carbocycles. The molecule has 1 aromatic carbocycles. The fraction of sp³-hybridized carbons (Fsp3) is 0.778. The third kappa shape index (κ3) is 6.58. The highest BCUT2D eigenvalue weighted by molar-refractivity contribution is 5.35. The first-order valence-corrected chi connectivity index (χ1v) is 12.8. The lowest BCUT2D eigenvalue weighted by atomic mass is 9.67. The van der Waals surface area contributed by atoms with Crippen LogP contribution in [-0.2, 0) is 0 Å². The number of rotatable bonds is 10. The SMILES string of the molecule is CCCC1CCC(C2CCC(C(C)CCOc3ccc(OCC)c(F)c3F)CC2)CC1. The normalized spacial score (nSPS) is 27.6. The Hall–Kier alpha value is -1.32.